The molecule has 6 heteroatoms. The van der Waals surface area contributed by atoms with Gasteiger partial charge in [0.25, 0.3) is 0 Å². The van der Waals surface area contributed by atoms with Gasteiger partial charge in [0.05, 0.1) is 5.56 Å². The average molecular weight is 260 g/mol. The molecule has 18 heavy (non-hydrogen) atoms. The van der Waals surface area contributed by atoms with Crippen molar-refractivity contribution in [2.45, 2.75) is 25.6 Å². The van der Waals surface area contributed by atoms with Crippen molar-refractivity contribution in [3.63, 3.8) is 0 Å². The lowest BCUT2D eigenvalue weighted by molar-refractivity contribution is -0.139. The van der Waals surface area contributed by atoms with Gasteiger partial charge in [0.2, 0.25) is 5.91 Å². The molecule has 3 nitrogen and oxygen atoms in total. The molecule has 1 atom stereocenters. The first kappa shape index (κ1) is 14.5. The van der Waals surface area contributed by atoms with Gasteiger partial charge in [-0.2, -0.15) is 13.2 Å². The van der Waals surface area contributed by atoms with E-state index in [0.29, 0.717) is 6.54 Å². The summed E-state index contributed by atoms with van der Waals surface area (Å²) < 4.78 is 38.7. The fourth-order valence-corrected chi connectivity index (χ4v) is 1.83. The Morgan fingerprint density at radius 2 is 1.78 bits per heavy atom. The summed E-state index contributed by atoms with van der Waals surface area (Å²) in [5.74, 6) is -0.846. The van der Waals surface area contributed by atoms with E-state index >= 15 is 0 Å². The van der Waals surface area contributed by atoms with Crippen LogP contribution in [0.15, 0.2) is 24.3 Å². The Morgan fingerprint density at radius 3 is 2.17 bits per heavy atom. The number of hydrogen-bond acceptors (Lipinski definition) is 2. The molecule has 1 aromatic rings. The molecule has 0 aliphatic heterocycles. The van der Waals surface area contributed by atoms with Gasteiger partial charge >= 0.3 is 6.18 Å². The van der Waals surface area contributed by atoms with E-state index in [1.54, 1.807) is 6.92 Å². The Balaban J connectivity index is 3.43. The number of nitrogens with two attached hydrogens (primary N) is 1. The lowest BCUT2D eigenvalue weighted by Gasteiger charge is -2.30. The van der Waals surface area contributed by atoms with Crippen molar-refractivity contribution in [3.05, 3.63) is 35.4 Å². The number of primary amides is 1. The first-order valence-corrected chi connectivity index (χ1v) is 5.45. The minimum absolute atomic E-state index is 0.160. The third kappa shape index (κ3) is 2.64. The monoisotopic (exact) mass is 260 g/mol. The van der Waals surface area contributed by atoms with Gasteiger partial charge < -0.3 is 11.1 Å². The van der Waals surface area contributed by atoms with Crippen molar-refractivity contribution in [3.8, 4) is 0 Å². The third-order valence-corrected chi connectivity index (χ3v) is 2.79. The molecule has 1 rings (SSSR count). The molecule has 1 amide bonds. The second kappa shape index (κ2) is 4.97. The molecule has 0 aromatic heterocycles. The molecule has 0 fully saturated rings. The van der Waals surface area contributed by atoms with Crippen LogP contribution in [0.5, 0.6) is 0 Å². The van der Waals surface area contributed by atoms with Gasteiger partial charge in [-0.25, -0.2) is 0 Å². The minimum Gasteiger partial charge on any atom is -0.368 e. The number of halogens is 3. The van der Waals surface area contributed by atoms with Crippen LogP contribution in [-0.2, 0) is 16.5 Å². The number of rotatable bonds is 4. The zero-order chi connectivity index (χ0) is 14.0. The van der Waals surface area contributed by atoms with Crippen LogP contribution in [-0.4, -0.2) is 12.5 Å². The number of likely N-dealkylation sites (N-methyl/N-ethyl adjacent to an activating group) is 1. The number of nitrogens with one attached hydrogen (secondary N) is 1. The van der Waals surface area contributed by atoms with Crippen LogP contribution in [0.4, 0.5) is 13.2 Å². The van der Waals surface area contributed by atoms with Crippen molar-refractivity contribution >= 4 is 5.91 Å². The van der Waals surface area contributed by atoms with Crippen LogP contribution in [0.2, 0.25) is 0 Å². The second-order valence-electron chi connectivity index (χ2n) is 4.06. The summed E-state index contributed by atoms with van der Waals surface area (Å²) in [6.07, 6.45) is -4.53. The van der Waals surface area contributed by atoms with Crippen LogP contribution in [0.3, 0.4) is 0 Å². The second-order valence-corrected chi connectivity index (χ2v) is 4.06. The van der Waals surface area contributed by atoms with Gasteiger partial charge in [0.15, 0.2) is 0 Å². The predicted octanol–water partition coefficient (Wildman–Crippen LogP) is 2.02. The fourth-order valence-electron chi connectivity index (χ4n) is 1.83. The summed E-state index contributed by atoms with van der Waals surface area (Å²) >= 11 is 0. The average Bonchev–Trinajstić information content (AvgIpc) is 2.28. The standard InChI is InChI=1S/C12H15F3N2O/c1-3-17-11(2,10(16)18)8-6-4-5-7-9(8)12(13,14)15/h4-7,17H,3H2,1-2H3,(H2,16,18). The lowest BCUT2D eigenvalue weighted by atomic mass is 9.87. The molecule has 1 aromatic carbocycles. The normalized spacial score (nSPS) is 15.2. The highest BCUT2D eigenvalue weighted by molar-refractivity contribution is 5.86. The van der Waals surface area contributed by atoms with Crippen LogP contribution < -0.4 is 11.1 Å². The predicted molar refractivity (Wildman–Crippen MR) is 61.7 cm³/mol. The quantitative estimate of drug-likeness (QED) is 0.870. The summed E-state index contributed by atoms with van der Waals surface area (Å²) in [5, 5.41) is 2.71. The van der Waals surface area contributed by atoms with Crippen LogP contribution in [0.25, 0.3) is 0 Å². The van der Waals surface area contributed by atoms with Gasteiger partial charge in [-0.15, -0.1) is 0 Å². The summed E-state index contributed by atoms with van der Waals surface area (Å²) in [6.45, 7) is 3.37. The van der Waals surface area contributed by atoms with Crippen molar-refractivity contribution in [1.82, 2.24) is 5.32 Å². The first-order chi connectivity index (χ1) is 8.23. The van der Waals surface area contributed by atoms with E-state index in [-0.39, 0.29) is 5.56 Å². The van der Waals surface area contributed by atoms with E-state index in [1.807, 2.05) is 0 Å². The molecule has 0 aliphatic carbocycles. The molecular formula is C12H15F3N2O. The minimum atomic E-state index is -4.53. The maximum absolute atomic E-state index is 12.9. The summed E-state index contributed by atoms with van der Waals surface area (Å²) in [5.41, 5.74) is 2.68. The van der Waals surface area contributed by atoms with Crippen molar-refractivity contribution in [2.24, 2.45) is 5.73 Å². The van der Waals surface area contributed by atoms with Crippen molar-refractivity contribution in [2.75, 3.05) is 6.54 Å². The van der Waals surface area contributed by atoms with Gasteiger partial charge in [-0.05, 0) is 25.1 Å². The van der Waals surface area contributed by atoms with E-state index in [2.05, 4.69) is 5.32 Å². The van der Waals surface area contributed by atoms with Crippen LogP contribution in [0.1, 0.15) is 25.0 Å². The van der Waals surface area contributed by atoms with Gasteiger partial charge in [0, 0.05) is 0 Å². The zero-order valence-electron chi connectivity index (χ0n) is 10.1. The van der Waals surface area contributed by atoms with Gasteiger partial charge in [-0.3, -0.25) is 4.79 Å². The summed E-state index contributed by atoms with van der Waals surface area (Å²) in [4.78, 5) is 11.5. The molecule has 0 spiro atoms. The molecule has 0 saturated heterocycles. The zero-order valence-corrected chi connectivity index (χ0v) is 10.1. The van der Waals surface area contributed by atoms with E-state index < -0.39 is 23.2 Å². The Bertz CT molecular complexity index is 445. The molecular weight excluding hydrogens is 245 g/mol. The van der Waals surface area contributed by atoms with E-state index in [1.165, 1.54) is 25.1 Å². The molecule has 0 saturated carbocycles. The van der Waals surface area contributed by atoms with E-state index in [4.69, 9.17) is 5.73 Å². The number of hydrogen-bond donors (Lipinski definition) is 2. The maximum atomic E-state index is 12.9. The highest BCUT2D eigenvalue weighted by Crippen LogP contribution is 2.36. The van der Waals surface area contributed by atoms with Gasteiger partial charge in [0.1, 0.15) is 5.54 Å². The molecule has 0 heterocycles. The van der Waals surface area contributed by atoms with Gasteiger partial charge in [-0.1, -0.05) is 25.1 Å². The third-order valence-electron chi connectivity index (χ3n) is 2.79. The molecule has 1 unspecified atom stereocenters. The maximum Gasteiger partial charge on any atom is 0.416 e. The van der Waals surface area contributed by atoms with Crippen molar-refractivity contribution < 1.29 is 18.0 Å². The Morgan fingerprint density at radius 1 is 1.28 bits per heavy atom. The fraction of sp³-hybridized carbons (Fsp3) is 0.417. The molecule has 3 N–H and O–H groups in total. The number of carbonyl (C=O) groups is 1. The number of benzene rings is 1. The van der Waals surface area contributed by atoms with Crippen LogP contribution >= 0.6 is 0 Å². The van der Waals surface area contributed by atoms with Crippen LogP contribution in [0, 0.1) is 0 Å². The lowest BCUT2D eigenvalue weighted by Crippen LogP contribution is -2.51. The summed E-state index contributed by atoms with van der Waals surface area (Å²) in [6, 6.07) is 4.92. The van der Waals surface area contributed by atoms with E-state index in [9.17, 15) is 18.0 Å². The SMILES string of the molecule is CCNC(C)(C(N)=O)c1ccccc1C(F)(F)F. The largest absolute Gasteiger partial charge is 0.416 e. The topological polar surface area (TPSA) is 55.1 Å². The summed E-state index contributed by atoms with van der Waals surface area (Å²) in [7, 11) is 0. The number of carbonyl (C=O) groups excluding carboxylic acids is 1. The highest BCUT2D eigenvalue weighted by atomic mass is 19.4. The molecule has 0 radical (unpaired) electrons. The molecule has 0 aliphatic rings. The highest BCUT2D eigenvalue weighted by Gasteiger charge is 2.41. The van der Waals surface area contributed by atoms with Crippen molar-refractivity contribution in [1.29, 1.82) is 0 Å². The number of amides is 1. The molecule has 100 valence electrons. The Labute approximate surface area is 103 Å². The Kier molecular flexibility index (Phi) is 4.01. The van der Waals surface area contributed by atoms with E-state index in [0.717, 1.165) is 6.07 Å². The smallest absolute Gasteiger partial charge is 0.368 e. The first-order valence-electron chi connectivity index (χ1n) is 5.45. The number of alkyl halides is 3. The molecule has 0 bridgehead atoms. The Hall–Kier alpha value is -1.56.